The van der Waals surface area contributed by atoms with Crippen molar-refractivity contribution >= 4 is 12.2 Å². The van der Waals surface area contributed by atoms with Gasteiger partial charge >= 0.3 is 0 Å². The lowest BCUT2D eigenvalue weighted by molar-refractivity contribution is -0.782. The van der Waals surface area contributed by atoms with E-state index in [-0.39, 0.29) is 12.4 Å². The Bertz CT molecular complexity index is 505. The molecule has 0 aliphatic carbocycles. The summed E-state index contributed by atoms with van der Waals surface area (Å²) in [6.45, 7) is 0. The molecule has 0 saturated carbocycles. The van der Waals surface area contributed by atoms with E-state index in [1.807, 2.05) is 12.1 Å². The highest BCUT2D eigenvalue weighted by Gasteiger charge is 2.05. The molecule has 0 spiro atoms. The maximum atomic E-state index is 2.18. The molecule has 0 N–H and O–H groups in total. The number of benzene rings is 2. The average Bonchev–Trinajstić information content (AvgIpc) is 2.46. The number of hydrogen-bond acceptors (Lipinski definition) is 0. The summed E-state index contributed by atoms with van der Waals surface area (Å²) in [7, 11) is 4.30. The summed E-state index contributed by atoms with van der Waals surface area (Å²) in [6.07, 6.45) is 8.65. The van der Waals surface area contributed by atoms with Gasteiger partial charge in [-0.1, -0.05) is 60.7 Å². The smallest absolute Gasteiger partial charge is 0.101 e. The molecule has 0 aliphatic rings. The zero-order chi connectivity index (χ0) is 13.6. The molecule has 20 heavy (non-hydrogen) atoms. The van der Waals surface area contributed by atoms with Crippen molar-refractivity contribution in [1.82, 2.24) is 0 Å². The SMILES string of the molecule is C[N+](C)(C=Cc1ccccc1)C=Cc1ccccc1.[Cl-]. The van der Waals surface area contributed by atoms with Crippen LogP contribution >= 0.6 is 0 Å². The molecule has 0 heterocycles. The summed E-state index contributed by atoms with van der Waals surface area (Å²) in [5.74, 6) is 0. The van der Waals surface area contributed by atoms with Gasteiger partial charge in [0, 0.05) is 0 Å². The van der Waals surface area contributed by atoms with Gasteiger partial charge in [-0.2, -0.15) is 0 Å². The summed E-state index contributed by atoms with van der Waals surface area (Å²) < 4.78 is 0.712. The highest BCUT2D eigenvalue weighted by atomic mass is 35.5. The molecule has 0 aliphatic heterocycles. The first-order valence-electron chi connectivity index (χ1n) is 6.48. The van der Waals surface area contributed by atoms with Gasteiger partial charge in [-0.25, -0.2) is 0 Å². The van der Waals surface area contributed by atoms with Crippen LogP contribution in [0.4, 0.5) is 0 Å². The predicted octanol–water partition coefficient (Wildman–Crippen LogP) is 1.41. The molecular weight excluding hydrogens is 266 g/mol. The van der Waals surface area contributed by atoms with Crippen molar-refractivity contribution in [3.05, 3.63) is 84.2 Å². The fraction of sp³-hybridized carbons (Fsp3) is 0.111. The van der Waals surface area contributed by atoms with Gasteiger partial charge in [0.05, 0.1) is 14.1 Å². The van der Waals surface area contributed by atoms with Crippen LogP contribution in [0.3, 0.4) is 0 Å². The molecule has 0 atom stereocenters. The first-order chi connectivity index (χ1) is 9.16. The van der Waals surface area contributed by atoms with Gasteiger partial charge in [-0.15, -0.1) is 0 Å². The molecule has 0 aromatic heterocycles. The van der Waals surface area contributed by atoms with E-state index in [0.717, 1.165) is 0 Å². The van der Waals surface area contributed by atoms with Crippen LogP contribution in [0.25, 0.3) is 12.2 Å². The van der Waals surface area contributed by atoms with E-state index in [1.54, 1.807) is 0 Å². The maximum Gasteiger partial charge on any atom is 0.101 e. The third kappa shape index (κ3) is 5.43. The van der Waals surface area contributed by atoms with Crippen LogP contribution in [0.15, 0.2) is 73.1 Å². The number of halogens is 1. The quantitative estimate of drug-likeness (QED) is 0.745. The monoisotopic (exact) mass is 285 g/mol. The molecule has 0 fully saturated rings. The van der Waals surface area contributed by atoms with Gasteiger partial charge in [0.2, 0.25) is 0 Å². The van der Waals surface area contributed by atoms with Crippen LogP contribution in [0, 0.1) is 0 Å². The Morgan fingerprint density at radius 3 is 1.35 bits per heavy atom. The lowest BCUT2D eigenvalue weighted by atomic mass is 10.2. The van der Waals surface area contributed by atoms with E-state index in [9.17, 15) is 0 Å². The van der Waals surface area contributed by atoms with E-state index < -0.39 is 0 Å². The van der Waals surface area contributed by atoms with Crippen molar-refractivity contribution in [3.8, 4) is 0 Å². The normalized spacial score (nSPS) is 11.7. The molecule has 1 nitrogen and oxygen atoms in total. The van der Waals surface area contributed by atoms with Crippen LogP contribution in [0.5, 0.6) is 0 Å². The number of quaternary nitrogens is 1. The fourth-order valence-corrected chi connectivity index (χ4v) is 1.73. The van der Waals surface area contributed by atoms with Crippen LogP contribution in [0.2, 0.25) is 0 Å². The zero-order valence-electron chi connectivity index (χ0n) is 11.9. The molecule has 104 valence electrons. The second-order valence-electron chi connectivity index (χ2n) is 5.08. The summed E-state index contributed by atoms with van der Waals surface area (Å²) in [5, 5.41) is 0. The Morgan fingerprint density at radius 2 is 1.00 bits per heavy atom. The van der Waals surface area contributed by atoms with Crippen LogP contribution in [-0.4, -0.2) is 18.6 Å². The lowest BCUT2D eigenvalue weighted by Gasteiger charge is -2.19. The van der Waals surface area contributed by atoms with Crippen molar-refractivity contribution in [2.24, 2.45) is 0 Å². The average molecular weight is 286 g/mol. The van der Waals surface area contributed by atoms with Gasteiger partial charge in [0.25, 0.3) is 0 Å². The van der Waals surface area contributed by atoms with Crippen molar-refractivity contribution in [1.29, 1.82) is 0 Å². The Morgan fingerprint density at radius 1 is 0.650 bits per heavy atom. The number of nitrogens with zero attached hydrogens (tertiary/aromatic N) is 1. The summed E-state index contributed by atoms with van der Waals surface area (Å²) in [5.41, 5.74) is 2.45. The van der Waals surface area contributed by atoms with Crippen molar-refractivity contribution in [3.63, 3.8) is 0 Å². The second-order valence-corrected chi connectivity index (χ2v) is 5.08. The third-order valence-corrected chi connectivity index (χ3v) is 2.90. The minimum absolute atomic E-state index is 0. The largest absolute Gasteiger partial charge is 1.00 e. The Labute approximate surface area is 127 Å². The molecule has 0 saturated heterocycles. The molecule has 0 amide bonds. The Hall–Kier alpha value is -1.83. The molecule has 2 rings (SSSR count). The van der Waals surface area contributed by atoms with Gasteiger partial charge in [-0.05, 0) is 23.3 Å². The minimum atomic E-state index is 0. The van der Waals surface area contributed by atoms with Crippen molar-refractivity contribution in [2.75, 3.05) is 14.1 Å². The summed E-state index contributed by atoms with van der Waals surface area (Å²) in [6, 6.07) is 20.7. The standard InChI is InChI=1S/C18H20N.ClH/c1-19(2,15-13-17-9-5-3-6-10-17)16-14-18-11-7-4-8-12-18;/h3-16H,1-2H3;1H/q+1;/p-1. The van der Waals surface area contributed by atoms with Crippen molar-refractivity contribution in [2.45, 2.75) is 0 Å². The van der Waals surface area contributed by atoms with Gasteiger partial charge < -0.3 is 12.4 Å². The van der Waals surface area contributed by atoms with Gasteiger partial charge in [-0.3, -0.25) is 4.48 Å². The summed E-state index contributed by atoms with van der Waals surface area (Å²) in [4.78, 5) is 0. The molecule has 2 aromatic rings. The third-order valence-electron chi connectivity index (χ3n) is 2.90. The summed E-state index contributed by atoms with van der Waals surface area (Å²) >= 11 is 0. The van der Waals surface area contributed by atoms with Crippen molar-refractivity contribution < 1.29 is 16.9 Å². The Balaban J connectivity index is 0.00000200. The topological polar surface area (TPSA) is 0 Å². The van der Waals surface area contributed by atoms with Gasteiger partial charge in [0.15, 0.2) is 0 Å². The molecule has 0 radical (unpaired) electrons. The van der Waals surface area contributed by atoms with Gasteiger partial charge in [0.1, 0.15) is 12.4 Å². The van der Waals surface area contributed by atoms with E-state index >= 15 is 0 Å². The second kappa shape index (κ2) is 7.68. The zero-order valence-corrected chi connectivity index (χ0v) is 12.7. The maximum absolute atomic E-state index is 2.18. The number of rotatable bonds is 4. The molecule has 0 bridgehead atoms. The van der Waals surface area contributed by atoms with E-state index in [1.165, 1.54) is 11.1 Å². The lowest BCUT2D eigenvalue weighted by Crippen LogP contribution is -3.00. The van der Waals surface area contributed by atoms with Crippen LogP contribution in [-0.2, 0) is 0 Å². The van der Waals surface area contributed by atoms with Crippen LogP contribution < -0.4 is 12.4 Å². The highest BCUT2D eigenvalue weighted by Crippen LogP contribution is 2.09. The molecule has 2 aromatic carbocycles. The first-order valence-corrected chi connectivity index (χ1v) is 6.48. The molecule has 0 unspecified atom stereocenters. The molecule has 2 heteroatoms. The van der Waals surface area contributed by atoms with E-state index in [2.05, 4.69) is 87.2 Å². The predicted molar refractivity (Wildman–Crippen MR) is 83.1 cm³/mol. The first kappa shape index (κ1) is 16.2. The fourth-order valence-electron chi connectivity index (χ4n) is 1.73. The Kier molecular flexibility index (Phi) is 6.23. The number of hydrogen-bond donors (Lipinski definition) is 0. The van der Waals surface area contributed by atoms with E-state index in [4.69, 9.17) is 0 Å². The minimum Gasteiger partial charge on any atom is -1.00 e. The van der Waals surface area contributed by atoms with E-state index in [0.29, 0.717) is 4.48 Å². The molecular formula is C18H20ClN. The highest BCUT2D eigenvalue weighted by molar-refractivity contribution is 5.49. The van der Waals surface area contributed by atoms with Crippen LogP contribution in [0.1, 0.15) is 11.1 Å².